The van der Waals surface area contributed by atoms with Crippen LogP contribution in [0.1, 0.15) is 43.7 Å². The third kappa shape index (κ3) is 3.85. The van der Waals surface area contributed by atoms with Crippen molar-refractivity contribution in [3.8, 4) is 0 Å². The lowest BCUT2D eigenvalue weighted by Crippen LogP contribution is -2.29. The maximum atomic E-state index is 13.4. The Hall–Kier alpha value is -3.29. The van der Waals surface area contributed by atoms with Gasteiger partial charge < -0.3 is 15.6 Å². The number of halogens is 1. The number of fused-ring (bicyclic) bond motifs is 1. The second-order valence-corrected chi connectivity index (χ2v) is 6.97. The normalized spacial score (nSPS) is 14.8. The zero-order valence-electron chi connectivity index (χ0n) is 15.2. The predicted octanol–water partition coefficient (Wildman–Crippen LogP) is 3.72. The quantitative estimate of drug-likeness (QED) is 0.602. The molecule has 0 spiro atoms. The molecule has 2 amide bonds. The number of amides is 2. The van der Waals surface area contributed by atoms with Crippen LogP contribution < -0.4 is 10.6 Å². The van der Waals surface area contributed by atoms with Crippen LogP contribution in [0.15, 0.2) is 36.8 Å². The molecule has 1 fully saturated rings. The third-order valence-corrected chi connectivity index (χ3v) is 5.02. The van der Waals surface area contributed by atoms with Gasteiger partial charge in [0, 0.05) is 23.2 Å². The molecule has 0 saturated heterocycles. The Kier molecular flexibility index (Phi) is 5.01. The molecule has 0 aliphatic heterocycles. The van der Waals surface area contributed by atoms with Crippen LogP contribution in [-0.2, 0) is 9.59 Å². The van der Waals surface area contributed by atoms with Crippen LogP contribution in [0, 0.1) is 5.82 Å². The van der Waals surface area contributed by atoms with E-state index in [2.05, 4.69) is 25.6 Å². The summed E-state index contributed by atoms with van der Waals surface area (Å²) in [4.78, 5) is 35.5. The van der Waals surface area contributed by atoms with Crippen LogP contribution in [0.25, 0.3) is 11.0 Å². The number of hydrogen-bond acceptors (Lipinski definition) is 4. The summed E-state index contributed by atoms with van der Waals surface area (Å²) >= 11 is 0. The first-order valence-corrected chi connectivity index (χ1v) is 9.31. The number of nitrogens with one attached hydrogen (secondary N) is 3. The van der Waals surface area contributed by atoms with Crippen molar-refractivity contribution in [1.82, 2.24) is 15.0 Å². The van der Waals surface area contributed by atoms with Crippen molar-refractivity contribution < 1.29 is 14.0 Å². The van der Waals surface area contributed by atoms with E-state index in [1.807, 2.05) is 6.07 Å². The van der Waals surface area contributed by atoms with Gasteiger partial charge in [-0.3, -0.25) is 14.6 Å². The van der Waals surface area contributed by atoms with Gasteiger partial charge in [-0.15, -0.1) is 0 Å². The predicted molar refractivity (Wildman–Crippen MR) is 103 cm³/mol. The lowest BCUT2D eigenvalue weighted by Gasteiger charge is -2.21. The maximum absolute atomic E-state index is 13.4. The molecular weight excluding hydrogens is 361 g/mol. The average molecular weight is 381 g/mol. The van der Waals surface area contributed by atoms with Crippen molar-refractivity contribution in [2.24, 2.45) is 0 Å². The molecule has 0 aromatic carbocycles. The SMILES string of the molecule is O=C(Nc1ccc(C2CCCCC2)nc1)C(=O)Nc1c[nH]c2ncc(F)cc12. The topological polar surface area (TPSA) is 99.8 Å². The monoisotopic (exact) mass is 381 g/mol. The zero-order chi connectivity index (χ0) is 19.5. The van der Waals surface area contributed by atoms with Gasteiger partial charge >= 0.3 is 11.8 Å². The van der Waals surface area contributed by atoms with Crippen molar-refractivity contribution in [3.05, 3.63) is 48.3 Å². The first-order valence-electron chi connectivity index (χ1n) is 9.31. The van der Waals surface area contributed by atoms with Gasteiger partial charge in [0.2, 0.25) is 0 Å². The highest BCUT2D eigenvalue weighted by molar-refractivity contribution is 6.44. The lowest BCUT2D eigenvalue weighted by molar-refractivity contribution is -0.132. The summed E-state index contributed by atoms with van der Waals surface area (Å²) in [5.41, 5.74) is 2.18. The fourth-order valence-corrected chi connectivity index (χ4v) is 3.57. The highest BCUT2D eigenvalue weighted by Gasteiger charge is 2.19. The summed E-state index contributed by atoms with van der Waals surface area (Å²) in [7, 11) is 0. The third-order valence-electron chi connectivity index (χ3n) is 5.02. The molecule has 0 unspecified atom stereocenters. The largest absolute Gasteiger partial charge is 0.344 e. The van der Waals surface area contributed by atoms with Crippen molar-refractivity contribution in [2.45, 2.75) is 38.0 Å². The molecule has 3 aromatic heterocycles. The van der Waals surface area contributed by atoms with E-state index < -0.39 is 17.6 Å². The summed E-state index contributed by atoms with van der Waals surface area (Å²) in [6.45, 7) is 0. The summed E-state index contributed by atoms with van der Waals surface area (Å²) in [5, 5.41) is 5.38. The molecule has 144 valence electrons. The number of H-pyrrole nitrogens is 1. The fraction of sp³-hybridized carbons (Fsp3) is 0.300. The van der Waals surface area contributed by atoms with E-state index in [0.29, 0.717) is 22.6 Å². The number of rotatable bonds is 3. The van der Waals surface area contributed by atoms with E-state index in [-0.39, 0.29) is 5.69 Å². The second-order valence-electron chi connectivity index (χ2n) is 6.97. The van der Waals surface area contributed by atoms with Crippen molar-refractivity contribution in [3.63, 3.8) is 0 Å². The van der Waals surface area contributed by atoms with Crippen molar-refractivity contribution in [2.75, 3.05) is 10.6 Å². The molecule has 3 aromatic rings. The summed E-state index contributed by atoms with van der Waals surface area (Å²) in [6, 6.07) is 4.89. The number of carbonyl (C=O) groups excluding carboxylic acids is 2. The summed E-state index contributed by atoms with van der Waals surface area (Å²) in [5.74, 6) is -1.75. The Morgan fingerprint density at radius 1 is 1.04 bits per heavy atom. The summed E-state index contributed by atoms with van der Waals surface area (Å²) in [6.07, 6.45) is 10.1. The Morgan fingerprint density at radius 2 is 1.82 bits per heavy atom. The molecule has 4 rings (SSSR count). The molecule has 1 aliphatic carbocycles. The van der Waals surface area contributed by atoms with Gasteiger partial charge in [0.25, 0.3) is 0 Å². The van der Waals surface area contributed by atoms with Crippen LogP contribution in [-0.4, -0.2) is 26.8 Å². The van der Waals surface area contributed by atoms with Gasteiger partial charge in [0.05, 0.1) is 23.8 Å². The van der Waals surface area contributed by atoms with Crippen LogP contribution >= 0.6 is 0 Å². The van der Waals surface area contributed by atoms with Gasteiger partial charge in [-0.2, -0.15) is 0 Å². The molecule has 3 N–H and O–H groups in total. The molecule has 0 radical (unpaired) electrons. The van der Waals surface area contributed by atoms with Gasteiger partial charge in [-0.05, 0) is 31.0 Å². The Morgan fingerprint density at radius 3 is 2.57 bits per heavy atom. The van der Waals surface area contributed by atoms with Crippen LogP contribution in [0.4, 0.5) is 15.8 Å². The zero-order valence-corrected chi connectivity index (χ0v) is 15.2. The van der Waals surface area contributed by atoms with Crippen molar-refractivity contribution >= 4 is 34.2 Å². The molecule has 1 saturated carbocycles. The number of hydrogen-bond donors (Lipinski definition) is 3. The van der Waals surface area contributed by atoms with E-state index in [0.717, 1.165) is 24.7 Å². The van der Waals surface area contributed by atoms with Gasteiger partial charge in [-0.1, -0.05) is 19.3 Å². The molecular formula is C20H20FN5O2. The van der Waals surface area contributed by atoms with Crippen LogP contribution in [0.5, 0.6) is 0 Å². The smallest absolute Gasteiger partial charge is 0.314 e. The molecule has 1 aliphatic rings. The highest BCUT2D eigenvalue weighted by atomic mass is 19.1. The van der Waals surface area contributed by atoms with Crippen LogP contribution in [0.3, 0.4) is 0 Å². The Balaban J connectivity index is 1.40. The second kappa shape index (κ2) is 7.75. The number of nitrogens with zero attached hydrogens (tertiary/aromatic N) is 2. The Labute approximate surface area is 160 Å². The van der Waals surface area contributed by atoms with E-state index >= 15 is 0 Å². The molecule has 0 bridgehead atoms. The minimum Gasteiger partial charge on any atom is -0.344 e. The van der Waals surface area contributed by atoms with E-state index in [4.69, 9.17) is 0 Å². The van der Waals surface area contributed by atoms with E-state index in [1.165, 1.54) is 31.5 Å². The van der Waals surface area contributed by atoms with Crippen molar-refractivity contribution in [1.29, 1.82) is 0 Å². The minimum absolute atomic E-state index is 0.285. The highest BCUT2D eigenvalue weighted by Crippen LogP contribution is 2.31. The number of pyridine rings is 2. The van der Waals surface area contributed by atoms with Gasteiger partial charge in [0.1, 0.15) is 11.5 Å². The van der Waals surface area contributed by atoms with E-state index in [1.54, 1.807) is 12.3 Å². The lowest BCUT2D eigenvalue weighted by atomic mass is 9.87. The number of carbonyl (C=O) groups is 2. The van der Waals surface area contributed by atoms with E-state index in [9.17, 15) is 14.0 Å². The first-order chi connectivity index (χ1) is 13.6. The fourth-order valence-electron chi connectivity index (χ4n) is 3.57. The number of anilines is 2. The standard InChI is InChI=1S/C20H20FN5O2/c21-13-8-15-17(11-24-18(15)23-9-13)26-20(28)19(27)25-14-6-7-16(22-10-14)12-4-2-1-3-5-12/h6-12H,1-5H2,(H,23,24)(H,25,27)(H,26,28). The Bertz CT molecular complexity index is 1010. The molecule has 7 nitrogen and oxygen atoms in total. The first kappa shape index (κ1) is 18.1. The van der Waals surface area contributed by atoms with Crippen LogP contribution in [0.2, 0.25) is 0 Å². The molecule has 28 heavy (non-hydrogen) atoms. The maximum Gasteiger partial charge on any atom is 0.314 e. The number of aromatic amines is 1. The average Bonchev–Trinajstić information content (AvgIpc) is 3.11. The molecule has 3 heterocycles. The molecule has 0 atom stereocenters. The minimum atomic E-state index is -0.860. The summed E-state index contributed by atoms with van der Waals surface area (Å²) < 4.78 is 13.4. The number of aromatic nitrogens is 3. The van der Waals surface area contributed by atoms with Gasteiger partial charge in [0.15, 0.2) is 0 Å². The molecule has 8 heteroatoms. The van der Waals surface area contributed by atoms with Gasteiger partial charge in [-0.25, -0.2) is 9.37 Å².